The van der Waals surface area contributed by atoms with Crippen LogP contribution < -0.4 is 5.32 Å². The Bertz CT molecular complexity index is 607. The fraction of sp³-hybridized carbons (Fsp3) is 0.286. The van der Waals surface area contributed by atoms with Gasteiger partial charge in [0.25, 0.3) is 0 Å². The number of carboxylic acids is 1. The maximum absolute atomic E-state index is 12.8. The zero-order valence-electron chi connectivity index (χ0n) is 11.2. The molecule has 0 bridgehead atoms. The minimum Gasteiger partial charge on any atom is -0.477 e. The summed E-state index contributed by atoms with van der Waals surface area (Å²) in [5, 5.41) is 15.9. The minimum absolute atomic E-state index is 0.0871. The minimum atomic E-state index is -1.06. The molecule has 2 N–H and O–H groups in total. The van der Waals surface area contributed by atoms with Gasteiger partial charge in [-0.15, -0.1) is 0 Å². The Morgan fingerprint density at radius 3 is 2.70 bits per heavy atom. The molecular formula is C14H15FN2O3. The number of rotatable bonds is 5. The first kappa shape index (κ1) is 14.2. The lowest BCUT2D eigenvalue weighted by Gasteiger charge is -2.11. The fourth-order valence-electron chi connectivity index (χ4n) is 1.91. The topological polar surface area (TPSA) is 75.4 Å². The van der Waals surface area contributed by atoms with E-state index >= 15 is 0 Å². The van der Waals surface area contributed by atoms with Crippen LogP contribution in [0.2, 0.25) is 0 Å². The van der Waals surface area contributed by atoms with Gasteiger partial charge in [-0.3, -0.25) is 0 Å². The van der Waals surface area contributed by atoms with Crippen LogP contribution in [0.4, 0.5) is 4.39 Å². The van der Waals surface area contributed by atoms with E-state index in [9.17, 15) is 9.18 Å². The van der Waals surface area contributed by atoms with Gasteiger partial charge in [-0.2, -0.15) is 0 Å². The first-order valence-corrected chi connectivity index (χ1v) is 6.16. The number of carbonyl (C=O) groups is 1. The molecule has 6 heteroatoms. The van der Waals surface area contributed by atoms with Crippen molar-refractivity contribution in [1.82, 2.24) is 10.5 Å². The fourth-order valence-corrected chi connectivity index (χ4v) is 1.91. The summed E-state index contributed by atoms with van der Waals surface area (Å²) in [6.45, 7) is 3.85. The summed E-state index contributed by atoms with van der Waals surface area (Å²) >= 11 is 0. The first-order chi connectivity index (χ1) is 9.49. The highest BCUT2D eigenvalue weighted by Crippen LogP contribution is 2.21. The average Bonchev–Trinajstić information content (AvgIpc) is 2.80. The van der Waals surface area contributed by atoms with Crippen molar-refractivity contribution >= 4 is 5.97 Å². The lowest BCUT2D eigenvalue weighted by atomic mass is 10.1. The predicted octanol–water partition coefficient (Wildman–Crippen LogP) is 2.67. The molecule has 1 heterocycles. The van der Waals surface area contributed by atoms with Crippen LogP contribution in [0.5, 0.6) is 0 Å². The zero-order valence-corrected chi connectivity index (χ0v) is 11.2. The molecule has 1 aromatic carbocycles. The number of aromatic nitrogens is 1. The summed E-state index contributed by atoms with van der Waals surface area (Å²) in [5.41, 5.74) is 1.33. The molecule has 5 nitrogen and oxygen atoms in total. The quantitative estimate of drug-likeness (QED) is 0.879. The lowest BCUT2D eigenvalue weighted by Crippen LogP contribution is -2.19. The summed E-state index contributed by atoms with van der Waals surface area (Å²) in [4.78, 5) is 11.2. The molecule has 0 aliphatic rings. The normalized spacial score (nSPS) is 12.3. The van der Waals surface area contributed by atoms with Crippen molar-refractivity contribution in [1.29, 1.82) is 0 Å². The van der Waals surface area contributed by atoms with Gasteiger partial charge in [0.2, 0.25) is 0 Å². The molecule has 0 unspecified atom stereocenters. The summed E-state index contributed by atoms with van der Waals surface area (Å²) in [5.74, 6) is -1.06. The number of hydrogen-bond donors (Lipinski definition) is 2. The molecule has 0 fully saturated rings. The number of aromatic carboxylic acids is 1. The molecule has 1 atom stereocenters. The Hall–Kier alpha value is -2.21. The number of carboxylic acid groups (broad SMARTS) is 1. The number of hydrogen-bond acceptors (Lipinski definition) is 4. The molecule has 0 amide bonds. The molecule has 0 saturated carbocycles. The van der Waals surface area contributed by atoms with E-state index in [-0.39, 0.29) is 23.2 Å². The van der Waals surface area contributed by atoms with E-state index in [2.05, 4.69) is 10.5 Å². The Balaban J connectivity index is 2.07. The second-order valence-corrected chi connectivity index (χ2v) is 4.54. The van der Waals surface area contributed by atoms with Crippen molar-refractivity contribution in [2.24, 2.45) is 0 Å². The third-order valence-electron chi connectivity index (χ3n) is 3.02. The van der Waals surface area contributed by atoms with Gasteiger partial charge < -0.3 is 14.9 Å². The third kappa shape index (κ3) is 3.03. The van der Waals surface area contributed by atoms with Gasteiger partial charge in [-0.1, -0.05) is 17.3 Å². The monoisotopic (exact) mass is 278 g/mol. The van der Waals surface area contributed by atoms with E-state index in [4.69, 9.17) is 9.63 Å². The molecule has 106 valence electrons. The van der Waals surface area contributed by atoms with Crippen molar-refractivity contribution < 1.29 is 18.8 Å². The molecular weight excluding hydrogens is 263 g/mol. The second-order valence-electron chi connectivity index (χ2n) is 4.54. The Morgan fingerprint density at radius 1 is 1.45 bits per heavy atom. The molecule has 1 aromatic heterocycles. The predicted molar refractivity (Wildman–Crippen MR) is 69.9 cm³/mol. The van der Waals surface area contributed by atoms with Crippen LogP contribution in [0.15, 0.2) is 28.8 Å². The number of aryl methyl sites for hydroxylation is 1. The lowest BCUT2D eigenvalue weighted by molar-refractivity contribution is 0.0692. The number of halogens is 1. The number of nitrogens with one attached hydrogen (secondary N) is 1. The highest BCUT2D eigenvalue weighted by atomic mass is 19.1. The van der Waals surface area contributed by atoms with Crippen LogP contribution in [-0.4, -0.2) is 16.2 Å². The van der Waals surface area contributed by atoms with Gasteiger partial charge in [0.1, 0.15) is 11.4 Å². The van der Waals surface area contributed by atoms with Crippen molar-refractivity contribution in [3.63, 3.8) is 0 Å². The van der Waals surface area contributed by atoms with Gasteiger partial charge in [-0.25, -0.2) is 9.18 Å². The maximum atomic E-state index is 12.8. The van der Waals surface area contributed by atoms with Crippen LogP contribution in [0.1, 0.15) is 40.3 Å². The third-order valence-corrected chi connectivity index (χ3v) is 3.02. The van der Waals surface area contributed by atoms with Crippen molar-refractivity contribution in [2.45, 2.75) is 26.4 Å². The Labute approximate surface area is 115 Å². The van der Waals surface area contributed by atoms with Crippen molar-refractivity contribution in [3.8, 4) is 0 Å². The van der Waals surface area contributed by atoms with Crippen LogP contribution in [0.3, 0.4) is 0 Å². The zero-order chi connectivity index (χ0) is 14.7. The maximum Gasteiger partial charge on any atom is 0.341 e. The molecule has 0 aliphatic heterocycles. The van der Waals surface area contributed by atoms with Gasteiger partial charge in [0, 0.05) is 6.54 Å². The van der Waals surface area contributed by atoms with Crippen LogP contribution >= 0.6 is 0 Å². The van der Waals surface area contributed by atoms with E-state index < -0.39 is 5.97 Å². The van der Waals surface area contributed by atoms with E-state index in [0.717, 1.165) is 5.56 Å². The van der Waals surface area contributed by atoms with Crippen molar-refractivity contribution in [2.75, 3.05) is 0 Å². The van der Waals surface area contributed by atoms with Crippen molar-refractivity contribution in [3.05, 3.63) is 52.7 Å². The smallest absolute Gasteiger partial charge is 0.341 e. The molecule has 2 aromatic rings. The van der Waals surface area contributed by atoms with E-state index in [1.807, 2.05) is 0 Å². The van der Waals surface area contributed by atoms with Gasteiger partial charge in [0.05, 0.1) is 11.7 Å². The SMILES string of the molecule is Cc1noc([C@@H](C)NCc2ccc(F)cc2)c1C(=O)O. The van der Waals surface area contributed by atoms with Gasteiger partial charge >= 0.3 is 5.97 Å². The standard InChI is InChI=1S/C14H15FN2O3/c1-8-12(14(18)19)13(20-17-8)9(2)16-7-10-3-5-11(15)6-4-10/h3-6,9,16H,7H2,1-2H3,(H,18,19)/t9-/m1/s1. The first-order valence-electron chi connectivity index (χ1n) is 6.16. The molecule has 20 heavy (non-hydrogen) atoms. The summed E-state index contributed by atoms with van der Waals surface area (Å²) in [7, 11) is 0. The molecule has 2 rings (SSSR count). The van der Waals surface area contributed by atoms with Crippen LogP contribution in [0, 0.1) is 12.7 Å². The summed E-state index contributed by atoms with van der Waals surface area (Å²) in [6, 6.07) is 5.77. The molecule has 0 spiro atoms. The molecule has 0 aliphatic carbocycles. The number of benzene rings is 1. The highest BCUT2D eigenvalue weighted by Gasteiger charge is 2.23. The second kappa shape index (κ2) is 5.83. The summed E-state index contributed by atoms with van der Waals surface area (Å²) in [6.07, 6.45) is 0. The Morgan fingerprint density at radius 2 is 2.10 bits per heavy atom. The highest BCUT2D eigenvalue weighted by molar-refractivity contribution is 5.90. The van der Waals surface area contributed by atoms with Crippen LogP contribution in [0.25, 0.3) is 0 Å². The van der Waals surface area contributed by atoms with Crippen LogP contribution in [-0.2, 0) is 6.54 Å². The van der Waals surface area contributed by atoms with E-state index in [0.29, 0.717) is 12.2 Å². The Kier molecular flexibility index (Phi) is 4.14. The molecule has 0 saturated heterocycles. The average molecular weight is 278 g/mol. The van der Waals surface area contributed by atoms with E-state index in [1.54, 1.807) is 26.0 Å². The molecule has 0 radical (unpaired) electrons. The van der Waals surface area contributed by atoms with E-state index in [1.165, 1.54) is 12.1 Å². The van der Waals surface area contributed by atoms with Gasteiger partial charge in [-0.05, 0) is 31.5 Å². The largest absolute Gasteiger partial charge is 0.477 e. The van der Waals surface area contributed by atoms with Gasteiger partial charge in [0.15, 0.2) is 5.76 Å². The number of nitrogens with zero attached hydrogens (tertiary/aromatic N) is 1. The summed E-state index contributed by atoms with van der Waals surface area (Å²) < 4.78 is 17.9.